The standard InChI is InChI=1S/C15H20N4O3/c1-10-4-5-14(22-10)13(9-21-3)19-15(20)17-8-12-6-7-16-11(2)18-12/h4-7,13H,8-9H2,1-3H3,(H2,17,19,20)/t13-/m1/s1. The third-order valence-corrected chi connectivity index (χ3v) is 3.01. The maximum Gasteiger partial charge on any atom is 0.315 e. The van der Waals surface area contributed by atoms with Gasteiger partial charge in [-0.25, -0.2) is 14.8 Å². The van der Waals surface area contributed by atoms with Crippen LogP contribution in [0.5, 0.6) is 0 Å². The Bertz CT molecular complexity index is 627. The van der Waals surface area contributed by atoms with Crippen LogP contribution in [-0.2, 0) is 11.3 Å². The molecule has 0 radical (unpaired) electrons. The minimum Gasteiger partial charge on any atom is -0.464 e. The van der Waals surface area contributed by atoms with Crippen LogP contribution >= 0.6 is 0 Å². The Morgan fingerprint density at radius 3 is 2.82 bits per heavy atom. The number of aromatic nitrogens is 2. The van der Waals surface area contributed by atoms with Gasteiger partial charge in [0.15, 0.2) is 0 Å². The SMILES string of the molecule is COC[C@@H](NC(=O)NCc1ccnc(C)n1)c1ccc(C)o1. The number of methoxy groups -OCH3 is 1. The second-order valence-corrected chi connectivity index (χ2v) is 4.88. The first-order valence-electron chi connectivity index (χ1n) is 6.96. The van der Waals surface area contributed by atoms with Gasteiger partial charge in [0, 0.05) is 13.3 Å². The van der Waals surface area contributed by atoms with Crippen LogP contribution in [-0.4, -0.2) is 29.7 Å². The van der Waals surface area contributed by atoms with Gasteiger partial charge < -0.3 is 19.8 Å². The number of carbonyl (C=O) groups is 1. The van der Waals surface area contributed by atoms with E-state index in [-0.39, 0.29) is 12.1 Å². The molecule has 0 aliphatic carbocycles. The van der Waals surface area contributed by atoms with E-state index in [1.807, 2.05) is 19.1 Å². The number of carbonyl (C=O) groups excluding carboxylic acids is 1. The van der Waals surface area contributed by atoms with Crippen LogP contribution in [0.3, 0.4) is 0 Å². The first kappa shape index (κ1) is 16.0. The summed E-state index contributed by atoms with van der Waals surface area (Å²) in [6, 6.07) is 4.78. The van der Waals surface area contributed by atoms with E-state index in [1.165, 1.54) is 0 Å². The third-order valence-electron chi connectivity index (χ3n) is 3.01. The number of rotatable bonds is 6. The van der Waals surface area contributed by atoms with Crippen molar-refractivity contribution in [2.75, 3.05) is 13.7 Å². The molecule has 1 atom stereocenters. The van der Waals surface area contributed by atoms with E-state index in [0.29, 0.717) is 24.7 Å². The first-order valence-corrected chi connectivity index (χ1v) is 6.96. The smallest absolute Gasteiger partial charge is 0.315 e. The van der Waals surface area contributed by atoms with Gasteiger partial charge in [0.05, 0.1) is 18.8 Å². The topological polar surface area (TPSA) is 89.3 Å². The van der Waals surface area contributed by atoms with E-state index in [1.54, 1.807) is 26.3 Å². The van der Waals surface area contributed by atoms with Crippen molar-refractivity contribution in [2.24, 2.45) is 0 Å². The Balaban J connectivity index is 1.91. The number of hydrogen-bond donors (Lipinski definition) is 2. The monoisotopic (exact) mass is 304 g/mol. The van der Waals surface area contributed by atoms with Gasteiger partial charge in [0.25, 0.3) is 0 Å². The van der Waals surface area contributed by atoms with E-state index in [4.69, 9.17) is 9.15 Å². The molecule has 2 aromatic heterocycles. The molecule has 2 rings (SSSR count). The summed E-state index contributed by atoms with van der Waals surface area (Å²) in [7, 11) is 1.58. The van der Waals surface area contributed by atoms with Crippen LogP contribution in [0, 0.1) is 13.8 Å². The average molecular weight is 304 g/mol. The Morgan fingerprint density at radius 2 is 2.18 bits per heavy atom. The molecule has 0 aromatic carbocycles. The normalized spacial score (nSPS) is 12.0. The summed E-state index contributed by atoms with van der Waals surface area (Å²) in [5.74, 6) is 2.12. The zero-order valence-electron chi connectivity index (χ0n) is 12.9. The first-order chi connectivity index (χ1) is 10.6. The molecule has 2 aromatic rings. The summed E-state index contributed by atoms with van der Waals surface area (Å²) >= 11 is 0. The van der Waals surface area contributed by atoms with E-state index in [9.17, 15) is 4.79 Å². The van der Waals surface area contributed by atoms with Crippen molar-refractivity contribution in [3.8, 4) is 0 Å². The fourth-order valence-electron chi connectivity index (χ4n) is 1.99. The summed E-state index contributed by atoms with van der Waals surface area (Å²) in [4.78, 5) is 20.2. The number of amides is 2. The molecular formula is C15H20N4O3. The van der Waals surface area contributed by atoms with Gasteiger partial charge in [0.1, 0.15) is 23.4 Å². The zero-order chi connectivity index (χ0) is 15.9. The minimum atomic E-state index is -0.342. The number of nitrogens with one attached hydrogen (secondary N) is 2. The minimum absolute atomic E-state index is 0.313. The average Bonchev–Trinajstić information content (AvgIpc) is 2.91. The molecule has 0 aliphatic rings. The molecule has 2 heterocycles. The molecule has 22 heavy (non-hydrogen) atoms. The van der Waals surface area contributed by atoms with Crippen LogP contribution in [0.2, 0.25) is 0 Å². The van der Waals surface area contributed by atoms with Crippen molar-refractivity contribution in [2.45, 2.75) is 26.4 Å². The Labute approximate surface area is 129 Å². The molecule has 0 spiro atoms. The second kappa shape index (κ2) is 7.56. The predicted octanol–water partition coefficient (Wildman–Crippen LogP) is 1.87. The van der Waals surface area contributed by atoms with Gasteiger partial charge in [-0.1, -0.05) is 0 Å². The molecular weight excluding hydrogens is 284 g/mol. The number of furan rings is 1. The third kappa shape index (κ3) is 4.56. The quantitative estimate of drug-likeness (QED) is 0.850. The number of ether oxygens (including phenoxy) is 1. The summed E-state index contributed by atoms with van der Waals surface area (Å²) in [5, 5.41) is 5.57. The molecule has 0 saturated carbocycles. The molecule has 0 bridgehead atoms. The number of hydrogen-bond acceptors (Lipinski definition) is 5. The van der Waals surface area contributed by atoms with Crippen molar-refractivity contribution >= 4 is 6.03 Å². The van der Waals surface area contributed by atoms with Crippen molar-refractivity contribution in [3.05, 3.63) is 47.4 Å². The molecule has 7 heteroatoms. The summed E-state index contributed by atoms with van der Waals surface area (Å²) in [6.45, 7) is 4.31. The summed E-state index contributed by atoms with van der Waals surface area (Å²) in [5.41, 5.74) is 0.750. The zero-order valence-corrected chi connectivity index (χ0v) is 12.9. The summed E-state index contributed by atoms with van der Waals surface area (Å²) < 4.78 is 10.7. The highest BCUT2D eigenvalue weighted by Gasteiger charge is 2.17. The van der Waals surface area contributed by atoms with Crippen LogP contribution in [0.25, 0.3) is 0 Å². The molecule has 2 N–H and O–H groups in total. The lowest BCUT2D eigenvalue weighted by Gasteiger charge is -2.16. The van der Waals surface area contributed by atoms with E-state index in [0.717, 1.165) is 11.5 Å². The van der Waals surface area contributed by atoms with Crippen LogP contribution in [0.15, 0.2) is 28.8 Å². The van der Waals surface area contributed by atoms with Gasteiger partial charge in [-0.15, -0.1) is 0 Å². The largest absolute Gasteiger partial charge is 0.464 e. The van der Waals surface area contributed by atoms with E-state index in [2.05, 4.69) is 20.6 Å². The van der Waals surface area contributed by atoms with Crippen molar-refractivity contribution in [3.63, 3.8) is 0 Å². The van der Waals surface area contributed by atoms with Crippen LogP contribution in [0.4, 0.5) is 4.79 Å². The highest BCUT2D eigenvalue weighted by Crippen LogP contribution is 2.16. The fraction of sp³-hybridized carbons (Fsp3) is 0.400. The highest BCUT2D eigenvalue weighted by atomic mass is 16.5. The second-order valence-electron chi connectivity index (χ2n) is 4.88. The van der Waals surface area contributed by atoms with Crippen molar-refractivity contribution < 1.29 is 13.9 Å². The fourth-order valence-corrected chi connectivity index (χ4v) is 1.99. The molecule has 0 fully saturated rings. The van der Waals surface area contributed by atoms with Crippen LogP contribution < -0.4 is 10.6 Å². The van der Waals surface area contributed by atoms with Crippen molar-refractivity contribution in [1.29, 1.82) is 0 Å². The molecule has 118 valence electrons. The molecule has 0 saturated heterocycles. The van der Waals surface area contributed by atoms with Gasteiger partial charge in [-0.05, 0) is 32.0 Å². The lowest BCUT2D eigenvalue weighted by Crippen LogP contribution is -2.39. The van der Waals surface area contributed by atoms with Gasteiger partial charge in [-0.2, -0.15) is 0 Å². The Hall–Kier alpha value is -2.41. The highest BCUT2D eigenvalue weighted by molar-refractivity contribution is 5.74. The van der Waals surface area contributed by atoms with E-state index < -0.39 is 0 Å². The van der Waals surface area contributed by atoms with Gasteiger partial charge in [-0.3, -0.25) is 0 Å². The predicted molar refractivity (Wildman–Crippen MR) is 80.2 cm³/mol. The van der Waals surface area contributed by atoms with Crippen molar-refractivity contribution in [1.82, 2.24) is 20.6 Å². The van der Waals surface area contributed by atoms with Gasteiger partial charge in [0.2, 0.25) is 0 Å². The number of urea groups is 1. The molecule has 0 aliphatic heterocycles. The molecule has 2 amide bonds. The lowest BCUT2D eigenvalue weighted by molar-refractivity contribution is 0.156. The van der Waals surface area contributed by atoms with Gasteiger partial charge >= 0.3 is 6.03 Å². The lowest BCUT2D eigenvalue weighted by atomic mass is 10.2. The number of aryl methyl sites for hydroxylation is 2. The number of nitrogens with zero attached hydrogens (tertiary/aromatic N) is 2. The Kier molecular flexibility index (Phi) is 5.48. The Morgan fingerprint density at radius 1 is 1.36 bits per heavy atom. The summed E-state index contributed by atoms with van der Waals surface area (Å²) in [6.07, 6.45) is 1.66. The van der Waals surface area contributed by atoms with Crippen LogP contribution in [0.1, 0.15) is 29.1 Å². The van der Waals surface area contributed by atoms with E-state index >= 15 is 0 Å². The molecule has 0 unspecified atom stereocenters. The maximum atomic E-state index is 12.0. The maximum absolute atomic E-state index is 12.0. The molecule has 7 nitrogen and oxygen atoms in total.